The maximum absolute atomic E-state index is 12.4. The fourth-order valence-electron chi connectivity index (χ4n) is 1.74. The van der Waals surface area contributed by atoms with Crippen LogP contribution in [0.25, 0.3) is 0 Å². The predicted molar refractivity (Wildman–Crippen MR) is 91.0 cm³/mol. The maximum Gasteiger partial charge on any atom is 0.221 e. The zero-order valence-corrected chi connectivity index (χ0v) is 14.4. The molecule has 0 spiro atoms. The summed E-state index contributed by atoms with van der Waals surface area (Å²) in [5.74, 6) is -0.171. The number of rotatable bonds is 3. The molecule has 2 aromatic rings. The minimum Gasteiger partial charge on any atom is -0.326 e. The second-order valence-electron chi connectivity index (χ2n) is 4.21. The van der Waals surface area contributed by atoms with E-state index in [0.29, 0.717) is 16.8 Å². The molecule has 0 unspecified atom stereocenters. The monoisotopic (exact) mass is 443 g/mol. The average Bonchev–Trinajstić information content (AvgIpc) is 2.41. The van der Waals surface area contributed by atoms with Crippen LogP contribution in [0.2, 0.25) is 0 Å². The van der Waals surface area contributed by atoms with E-state index in [0.717, 1.165) is 8.04 Å². The first-order valence-electron chi connectivity index (χ1n) is 5.85. The summed E-state index contributed by atoms with van der Waals surface area (Å²) in [6, 6.07) is 12.5. The Morgan fingerprint density at radius 1 is 1.10 bits per heavy atom. The van der Waals surface area contributed by atoms with Crippen molar-refractivity contribution >= 4 is 55.9 Å². The number of halogens is 2. The van der Waals surface area contributed by atoms with Crippen molar-refractivity contribution < 1.29 is 9.59 Å². The van der Waals surface area contributed by atoms with E-state index < -0.39 is 0 Å². The van der Waals surface area contributed by atoms with Gasteiger partial charge in [-0.2, -0.15) is 0 Å². The molecule has 0 aliphatic carbocycles. The van der Waals surface area contributed by atoms with Gasteiger partial charge in [-0.1, -0.05) is 15.9 Å². The van der Waals surface area contributed by atoms with Crippen LogP contribution in [0.4, 0.5) is 5.69 Å². The Hall–Kier alpha value is -1.21. The van der Waals surface area contributed by atoms with E-state index in [-0.39, 0.29) is 11.7 Å². The Kier molecular flexibility index (Phi) is 4.93. The maximum atomic E-state index is 12.4. The highest BCUT2D eigenvalue weighted by molar-refractivity contribution is 14.1. The van der Waals surface area contributed by atoms with Crippen molar-refractivity contribution in [2.75, 3.05) is 5.32 Å². The SMILES string of the molecule is CC(=O)Nc1ccc(C(=O)c2cc(Br)ccc2I)cc1. The standard InChI is InChI=1S/C15H11BrINO2/c1-9(19)18-12-5-2-10(3-6-12)15(20)13-8-11(16)4-7-14(13)17/h2-8H,1H3,(H,18,19). The molecule has 0 aliphatic heterocycles. The number of carbonyl (C=O) groups excluding carboxylic acids is 2. The van der Waals surface area contributed by atoms with Crippen LogP contribution in [-0.4, -0.2) is 11.7 Å². The summed E-state index contributed by atoms with van der Waals surface area (Å²) in [6.45, 7) is 1.45. The van der Waals surface area contributed by atoms with Gasteiger partial charge in [0.15, 0.2) is 5.78 Å². The number of hydrogen-bond donors (Lipinski definition) is 1. The second-order valence-corrected chi connectivity index (χ2v) is 6.29. The molecule has 0 bridgehead atoms. The summed E-state index contributed by atoms with van der Waals surface area (Å²) in [7, 11) is 0. The Balaban J connectivity index is 2.29. The smallest absolute Gasteiger partial charge is 0.221 e. The molecule has 5 heteroatoms. The van der Waals surface area contributed by atoms with E-state index in [1.165, 1.54) is 6.92 Å². The zero-order valence-electron chi connectivity index (χ0n) is 10.6. The molecule has 0 aliphatic rings. The van der Waals surface area contributed by atoms with E-state index in [9.17, 15) is 9.59 Å². The quantitative estimate of drug-likeness (QED) is 0.569. The normalized spacial score (nSPS) is 10.2. The van der Waals surface area contributed by atoms with Gasteiger partial charge in [0.25, 0.3) is 0 Å². The van der Waals surface area contributed by atoms with Crippen LogP contribution < -0.4 is 5.32 Å². The number of hydrogen-bond acceptors (Lipinski definition) is 2. The lowest BCUT2D eigenvalue weighted by molar-refractivity contribution is -0.114. The van der Waals surface area contributed by atoms with Crippen LogP contribution >= 0.6 is 38.5 Å². The number of benzene rings is 2. The van der Waals surface area contributed by atoms with Gasteiger partial charge in [-0.05, 0) is 65.1 Å². The Labute approximate surface area is 139 Å². The lowest BCUT2D eigenvalue weighted by atomic mass is 10.0. The fourth-order valence-corrected chi connectivity index (χ4v) is 2.68. The Bertz CT molecular complexity index is 668. The van der Waals surface area contributed by atoms with Gasteiger partial charge in [0.1, 0.15) is 0 Å². The highest BCUT2D eigenvalue weighted by Crippen LogP contribution is 2.22. The molecule has 1 amide bonds. The molecule has 0 fully saturated rings. The summed E-state index contributed by atoms with van der Waals surface area (Å²) >= 11 is 5.52. The molecule has 0 radical (unpaired) electrons. The van der Waals surface area contributed by atoms with Gasteiger partial charge in [-0.15, -0.1) is 0 Å². The number of amides is 1. The molecule has 0 atom stereocenters. The Morgan fingerprint density at radius 2 is 1.75 bits per heavy atom. The van der Waals surface area contributed by atoms with Gasteiger partial charge in [-0.3, -0.25) is 9.59 Å². The molecule has 0 heterocycles. The van der Waals surface area contributed by atoms with Gasteiger partial charge in [-0.25, -0.2) is 0 Å². The minimum absolute atomic E-state index is 0.0370. The molecule has 102 valence electrons. The lowest BCUT2D eigenvalue weighted by Crippen LogP contribution is -2.07. The van der Waals surface area contributed by atoms with Crippen LogP contribution in [0.1, 0.15) is 22.8 Å². The first-order valence-corrected chi connectivity index (χ1v) is 7.72. The van der Waals surface area contributed by atoms with Crippen molar-refractivity contribution in [3.8, 4) is 0 Å². The molecule has 20 heavy (non-hydrogen) atoms. The topological polar surface area (TPSA) is 46.2 Å². The molecule has 0 aromatic heterocycles. The first-order chi connectivity index (χ1) is 9.47. The third-order valence-corrected chi connectivity index (χ3v) is 4.07. The van der Waals surface area contributed by atoms with Crippen molar-refractivity contribution in [3.05, 3.63) is 61.6 Å². The summed E-state index contributed by atoms with van der Waals surface area (Å²) in [4.78, 5) is 23.4. The van der Waals surface area contributed by atoms with Gasteiger partial charge in [0.05, 0.1) is 0 Å². The average molecular weight is 444 g/mol. The molecule has 1 N–H and O–H groups in total. The van der Waals surface area contributed by atoms with E-state index in [1.807, 2.05) is 18.2 Å². The first kappa shape index (κ1) is 15.2. The fraction of sp³-hybridized carbons (Fsp3) is 0.0667. The summed E-state index contributed by atoms with van der Waals surface area (Å²) in [5.41, 5.74) is 1.93. The summed E-state index contributed by atoms with van der Waals surface area (Å²) in [5, 5.41) is 2.67. The van der Waals surface area contributed by atoms with E-state index in [1.54, 1.807) is 24.3 Å². The van der Waals surface area contributed by atoms with E-state index >= 15 is 0 Å². The van der Waals surface area contributed by atoms with Crippen LogP contribution in [0.15, 0.2) is 46.9 Å². The molecule has 2 aromatic carbocycles. The van der Waals surface area contributed by atoms with Crippen molar-refractivity contribution in [1.29, 1.82) is 0 Å². The molecule has 3 nitrogen and oxygen atoms in total. The second kappa shape index (κ2) is 6.49. The number of carbonyl (C=O) groups is 2. The largest absolute Gasteiger partial charge is 0.326 e. The summed E-state index contributed by atoms with van der Waals surface area (Å²) in [6.07, 6.45) is 0. The van der Waals surface area contributed by atoms with Gasteiger partial charge < -0.3 is 5.32 Å². The molecule has 0 saturated carbocycles. The third-order valence-electron chi connectivity index (χ3n) is 2.64. The lowest BCUT2D eigenvalue weighted by Gasteiger charge is -2.06. The van der Waals surface area contributed by atoms with Crippen molar-refractivity contribution in [3.63, 3.8) is 0 Å². The molecular formula is C15H11BrINO2. The van der Waals surface area contributed by atoms with Crippen molar-refractivity contribution in [2.24, 2.45) is 0 Å². The zero-order chi connectivity index (χ0) is 14.7. The number of ketones is 1. The highest BCUT2D eigenvalue weighted by atomic mass is 127. The van der Waals surface area contributed by atoms with Crippen LogP contribution in [0.3, 0.4) is 0 Å². The van der Waals surface area contributed by atoms with Crippen molar-refractivity contribution in [1.82, 2.24) is 0 Å². The number of nitrogens with one attached hydrogen (secondary N) is 1. The van der Waals surface area contributed by atoms with Gasteiger partial charge in [0.2, 0.25) is 5.91 Å². The van der Waals surface area contributed by atoms with Crippen molar-refractivity contribution in [2.45, 2.75) is 6.92 Å². The molecular weight excluding hydrogens is 433 g/mol. The van der Waals surface area contributed by atoms with Crippen LogP contribution in [0, 0.1) is 3.57 Å². The molecule has 0 saturated heterocycles. The Morgan fingerprint density at radius 3 is 2.35 bits per heavy atom. The van der Waals surface area contributed by atoms with E-state index in [2.05, 4.69) is 43.8 Å². The minimum atomic E-state index is -0.134. The van der Waals surface area contributed by atoms with E-state index in [4.69, 9.17) is 0 Å². The van der Waals surface area contributed by atoms with Gasteiger partial charge in [0, 0.05) is 31.8 Å². The number of anilines is 1. The summed E-state index contributed by atoms with van der Waals surface area (Å²) < 4.78 is 1.78. The van der Waals surface area contributed by atoms with Crippen LogP contribution in [-0.2, 0) is 4.79 Å². The van der Waals surface area contributed by atoms with Gasteiger partial charge >= 0.3 is 0 Å². The van der Waals surface area contributed by atoms with Crippen LogP contribution in [0.5, 0.6) is 0 Å². The third kappa shape index (κ3) is 3.67. The highest BCUT2D eigenvalue weighted by Gasteiger charge is 2.13. The predicted octanol–water partition coefficient (Wildman–Crippen LogP) is 4.24. The molecule has 2 rings (SSSR count).